The highest BCUT2D eigenvalue weighted by atomic mass is 35.5. The van der Waals surface area contributed by atoms with Crippen molar-refractivity contribution in [2.45, 2.75) is 12.8 Å². The molecule has 0 saturated heterocycles. The molecule has 0 bridgehead atoms. The van der Waals surface area contributed by atoms with Crippen molar-refractivity contribution in [1.29, 1.82) is 0 Å². The Balaban J connectivity index is 1.65. The summed E-state index contributed by atoms with van der Waals surface area (Å²) in [5.74, 6) is -0.397. The second-order valence-electron chi connectivity index (χ2n) is 7.05. The number of para-hydroxylation sites is 2. The Morgan fingerprint density at radius 3 is 2.26 bits per heavy atom. The minimum absolute atomic E-state index is 0.0533. The van der Waals surface area contributed by atoms with Crippen LogP contribution in [0.5, 0.6) is 17.2 Å². The Bertz CT molecular complexity index is 1370. The van der Waals surface area contributed by atoms with Crippen molar-refractivity contribution in [1.82, 2.24) is 9.78 Å². The predicted molar refractivity (Wildman–Crippen MR) is 117 cm³/mol. The number of hydrogen-bond donors (Lipinski definition) is 0. The lowest BCUT2D eigenvalue weighted by atomic mass is 10.2. The second kappa shape index (κ2) is 9.56. The first kappa shape index (κ1) is 23.3. The second-order valence-corrected chi connectivity index (χ2v) is 7.46. The largest absolute Gasteiger partial charge is 0.485 e. The zero-order chi connectivity index (χ0) is 24.3. The molecule has 0 saturated carbocycles. The van der Waals surface area contributed by atoms with Crippen molar-refractivity contribution in [3.8, 4) is 22.9 Å². The molecule has 5 nitrogen and oxygen atoms in total. The first-order chi connectivity index (χ1) is 16.2. The molecule has 34 heavy (non-hydrogen) atoms. The van der Waals surface area contributed by atoms with Gasteiger partial charge in [0.05, 0.1) is 16.8 Å². The first-order valence-corrected chi connectivity index (χ1v) is 10.2. The van der Waals surface area contributed by atoms with Gasteiger partial charge in [0.15, 0.2) is 17.3 Å². The first-order valence-electron chi connectivity index (χ1n) is 9.82. The van der Waals surface area contributed by atoms with E-state index >= 15 is 0 Å². The van der Waals surface area contributed by atoms with E-state index in [-0.39, 0.29) is 23.1 Å². The van der Waals surface area contributed by atoms with E-state index in [0.29, 0.717) is 22.7 Å². The Morgan fingerprint density at radius 1 is 0.912 bits per heavy atom. The van der Waals surface area contributed by atoms with Crippen LogP contribution in [0.2, 0.25) is 5.02 Å². The third-order valence-corrected chi connectivity index (χ3v) is 4.96. The summed E-state index contributed by atoms with van der Waals surface area (Å²) in [5.41, 5.74) is -1.93. The number of aromatic nitrogens is 2. The molecule has 0 radical (unpaired) electrons. The van der Waals surface area contributed by atoms with Crippen molar-refractivity contribution in [2.24, 2.45) is 0 Å². The minimum atomic E-state index is -4.76. The van der Waals surface area contributed by atoms with Crippen molar-refractivity contribution in [3.05, 3.63) is 111 Å². The molecule has 1 aromatic heterocycles. The van der Waals surface area contributed by atoms with E-state index in [9.17, 15) is 22.4 Å². The number of halogens is 5. The summed E-state index contributed by atoms with van der Waals surface area (Å²) in [6.07, 6.45) is -4.33. The molecule has 174 valence electrons. The highest BCUT2D eigenvalue weighted by molar-refractivity contribution is 6.32. The van der Waals surface area contributed by atoms with Gasteiger partial charge in [0.2, 0.25) is 0 Å². The fraction of sp³-hybridized carbons (Fsp3) is 0.0833. The predicted octanol–water partition coefficient (Wildman–Crippen LogP) is 6.42. The van der Waals surface area contributed by atoms with Crippen molar-refractivity contribution in [3.63, 3.8) is 0 Å². The molecule has 0 unspecified atom stereocenters. The molecule has 0 amide bonds. The van der Waals surface area contributed by atoms with Gasteiger partial charge in [-0.25, -0.2) is 4.39 Å². The molecule has 3 aromatic carbocycles. The molecule has 1 heterocycles. The monoisotopic (exact) mass is 490 g/mol. The van der Waals surface area contributed by atoms with E-state index in [1.54, 1.807) is 24.3 Å². The van der Waals surface area contributed by atoms with E-state index in [0.717, 1.165) is 17.7 Å². The molecule has 0 aliphatic heterocycles. The molecule has 0 atom stereocenters. The van der Waals surface area contributed by atoms with Crippen LogP contribution in [0.25, 0.3) is 5.69 Å². The summed E-state index contributed by atoms with van der Waals surface area (Å²) in [7, 11) is 0. The molecule has 4 rings (SSSR count). The molecule has 0 aliphatic carbocycles. The van der Waals surface area contributed by atoms with Crippen LogP contribution >= 0.6 is 11.6 Å². The van der Waals surface area contributed by atoms with Crippen LogP contribution in [0, 0.1) is 5.82 Å². The lowest BCUT2D eigenvalue weighted by molar-refractivity contribution is -0.138. The van der Waals surface area contributed by atoms with Gasteiger partial charge >= 0.3 is 6.18 Å². The maximum atomic E-state index is 14.6. The molecular formula is C24H15ClF4N2O3. The van der Waals surface area contributed by atoms with Crippen molar-refractivity contribution >= 4 is 11.6 Å². The highest BCUT2D eigenvalue weighted by Gasteiger charge is 2.32. The summed E-state index contributed by atoms with van der Waals surface area (Å²) < 4.78 is 65.2. The van der Waals surface area contributed by atoms with Gasteiger partial charge in [-0.3, -0.25) is 4.79 Å². The average molecular weight is 491 g/mol. The summed E-state index contributed by atoms with van der Waals surface area (Å²) >= 11 is 6.13. The molecule has 0 aliphatic rings. The van der Waals surface area contributed by atoms with Crippen LogP contribution in [0.15, 0.2) is 83.8 Å². The third-order valence-electron chi connectivity index (χ3n) is 4.66. The summed E-state index contributed by atoms with van der Waals surface area (Å²) in [6, 6.07) is 18.4. The maximum Gasteiger partial charge on any atom is 0.418 e. The van der Waals surface area contributed by atoms with Gasteiger partial charge in [0, 0.05) is 12.1 Å². The summed E-state index contributed by atoms with van der Waals surface area (Å²) in [4.78, 5) is 12.2. The topological polar surface area (TPSA) is 53.4 Å². The Kier molecular flexibility index (Phi) is 6.56. The fourth-order valence-electron chi connectivity index (χ4n) is 3.01. The summed E-state index contributed by atoms with van der Waals surface area (Å²) in [6.45, 7) is 0.258. The van der Waals surface area contributed by atoms with Gasteiger partial charge in [0.1, 0.15) is 18.0 Å². The normalized spacial score (nSPS) is 11.3. The fourth-order valence-corrected chi connectivity index (χ4v) is 3.20. The average Bonchev–Trinajstić information content (AvgIpc) is 2.80. The van der Waals surface area contributed by atoms with Crippen molar-refractivity contribution < 1.29 is 27.0 Å². The highest BCUT2D eigenvalue weighted by Crippen LogP contribution is 2.37. The van der Waals surface area contributed by atoms with E-state index in [1.165, 1.54) is 0 Å². The molecule has 4 aromatic rings. The summed E-state index contributed by atoms with van der Waals surface area (Å²) in [5, 5.41) is 3.33. The third kappa shape index (κ3) is 5.20. The van der Waals surface area contributed by atoms with Gasteiger partial charge in [0.25, 0.3) is 5.56 Å². The van der Waals surface area contributed by atoms with Crippen LogP contribution in [-0.2, 0) is 12.8 Å². The van der Waals surface area contributed by atoms with Gasteiger partial charge in [-0.15, -0.1) is 0 Å². The van der Waals surface area contributed by atoms with Gasteiger partial charge in [-0.05, 0) is 23.8 Å². The Morgan fingerprint density at radius 2 is 1.59 bits per heavy atom. The van der Waals surface area contributed by atoms with Crippen LogP contribution in [0.4, 0.5) is 17.6 Å². The molecular weight excluding hydrogens is 476 g/mol. The quantitative estimate of drug-likeness (QED) is 0.293. The van der Waals surface area contributed by atoms with Gasteiger partial charge < -0.3 is 9.47 Å². The molecule has 0 fully saturated rings. The van der Waals surface area contributed by atoms with Crippen LogP contribution in [0.1, 0.15) is 11.1 Å². The Labute approximate surface area is 195 Å². The van der Waals surface area contributed by atoms with E-state index in [2.05, 4.69) is 5.10 Å². The molecule has 0 spiro atoms. The number of ether oxygens (including phenoxy) is 2. The van der Waals surface area contributed by atoms with Crippen LogP contribution in [0.3, 0.4) is 0 Å². The van der Waals surface area contributed by atoms with E-state index in [1.807, 2.05) is 30.3 Å². The number of alkyl halides is 3. The maximum absolute atomic E-state index is 14.6. The standard InChI is InChI=1S/C24H15ClF4N2O3/c25-17-11-18(26)19(31-23(32)10-16(13-30-31)24(27,28)29)12-22(17)34-21-9-5-4-8-20(21)33-14-15-6-2-1-3-7-15/h1-13H,14H2. The number of nitrogens with zero attached hydrogens (tertiary/aromatic N) is 2. The number of benzene rings is 3. The molecule has 10 heteroatoms. The van der Waals surface area contributed by atoms with E-state index < -0.39 is 28.8 Å². The number of hydrogen-bond acceptors (Lipinski definition) is 4. The lowest BCUT2D eigenvalue weighted by Gasteiger charge is -2.15. The minimum Gasteiger partial charge on any atom is -0.485 e. The van der Waals surface area contributed by atoms with Gasteiger partial charge in [-0.1, -0.05) is 54.1 Å². The number of rotatable bonds is 6. The van der Waals surface area contributed by atoms with Crippen LogP contribution < -0.4 is 15.0 Å². The molecule has 0 N–H and O–H groups in total. The zero-order valence-electron chi connectivity index (χ0n) is 17.2. The lowest BCUT2D eigenvalue weighted by Crippen LogP contribution is -2.24. The smallest absolute Gasteiger partial charge is 0.418 e. The van der Waals surface area contributed by atoms with Gasteiger partial charge in [-0.2, -0.15) is 23.0 Å². The van der Waals surface area contributed by atoms with Crippen molar-refractivity contribution in [2.75, 3.05) is 0 Å². The SMILES string of the molecule is O=c1cc(C(F)(F)F)cnn1-c1cc(Oc2ccccc2OCc2ccccc2)c(Cl)cc1F. The van der Waals surface area contributed by atoms with Crippen LogP contribution in [-0.4, -0.2) is 9.78 Å². The van der Waals surface area contributed by atoms with E-state index in [4.69, 9.17) is 21.1 Å². The Hall–Kier alpha value is -3.85. The zero-order valence-corrected chi connectivity index (χ0v) is 18.0.